The van der Waals surface area contributed by atoms with Crippen LogP contribution in [0.15, 0.2) is 24.3 Å². The Kier molecular flexibility index (Phi) is 5.55. The minimum Gasteiger partial charge on any atom is -0.313 e. The maximum Gasteiger partial charge on any atom is 0.123 e. The third-order valence-corrected chi connectivity index (χ3v) is 4.34. The van der Waals surface area contributed by atoms with Crippen molar-refractivity contribution in [2.45, 2.75) is 58.2 Å². The normalized spacial score (nSPS) is 21.4. The van der Waals surface area contributed by atoms with Gasteiger partial charge in [-0.25, -0.2) is 4.39 Å². The van der Waals surface area contributed by atoms with Crippen LogP contribution in [0.4, 0.5) is 4.39 Å². The van der Waals surface area contributed by atoms with Gasteiger partial charge in [-0.1, -0.05) is 18.6 Å². The molecule has 0 amide bonds. The van der Waals surface area contributed by atoms with Crippen LogP contribution < -0.4 is 5.32 Å². The summed E-state index contributed by atoms with van der Waals surface area (Å²) in [5.41, 5.74) is 1.06. The van der Waals surface area contributed by atoms with Crippen LogP contribution in [0.25, 0.3) is 0 Å². The summed E-state index contributed by atoms with van der Waals surface area (Å²) in [6, 6.07) is 8.27. The Bertz CT molecular complexity index is 413. The Balaban J connectivity index is 2.07. The maximum absolute atomic E-state index is 13.4. The lowest BCUT2D eigenvalue weighted by Gasteiger charge is -2.37. The minimum absolute atomic E-state index is 0.145. The second kappa shape index (κ2) is 7.19. The molecule has 0 aliphatic carbocycles. The van der Waals surface area contributed by atoms with E-state index in [9.17, 15) is 4.39 Å². The predicted molar refractivity (Wildman–Crippen MR) is 82.3 cm³/mol. The zero-order valence-electron chi connectivity index (χ0n) is 12.9. The first kappa shape index (κ1) is 15.5. The van der Waals surface area contributed by atoms with E-state index in [4.69, 9.17) is 0 Å². The van der Waals surface area contributed by atoms with Gasteiger partial charge in [0, 0.05) is 24.7 Å². The Morgan fingerprint density at radius 2 is 2.10 bits per heavy atom. The smallest absolute Gasteiger partial charge is 0.123 e. The van der Waals surface area contributed by atoms with Gasteiger partial charge in [0.25, 0.3) is 0 Å². The third-order valence-electron chi connectivity index (χ3n) is 4.34. The summed E-state index contributed by atoms with van der Waals surface area (Å²) in [5.74, 6) is -0.145. The van der Waals surface area contributed by atoms with Gasteiger partial charge in [0.15, 0.2) is 0 Å². The molecule has 0 aromatic heterocycles. The number of hydrogen-bond donors (Lipinski definition) is 1. The number of nitrogens with one attached hydrogen (secondary N) is 1. The van der Waals surface area contributed by atoms with E-state index in [1.165, 1.54) is 25.3 Å². The van der Waals surface area contributed by atoms with E-state index in [1.807, 2.05) is 6.07 Å². The van der Waals surface area contributed by atoms with Gasteiger partial charge in [0.05, 0.1) is 0 Å². The van der Waals surface area contributed by atoms with Gasteiger partial charge in [-0.3, -0.25) is 4.90 Å². The van der Waals surface area contributed by atoms with Crippen LogP contribution in [-0.2, 0) is 0 Å². The largest absolute Gasteiger partial charge is 0.313 e. The molecule has 2 rings (SSSR count). The summed E-state index contributed by atoms with van der Waals surface area (Å²) in [6.07, 6.45) is 3.86. The van der Waals surface area contributed by atoms with Crippen molar-refractivity contribution >= 4 is 0 Å². The molecular weight excluding hydrogens is 251 g/mol. The molecule has 1 aliphatic rings. The van der Waals surface area contributed by atoms with Crippen LogP contribution in [0, 0.1) is 5.82 Å². The zero-order valence-corrected chi connectivity index (χ0v) is 12.9. The van der Waals surface area contributed by atoms with E-state index in [1.54, 1.807) is 12.1 Å². The van der Waals surface area contributed by atoms with Crippen LogP contribution in [0.5, 0.6) is 0 Å². The summed E-state index contributed by atoms with van der Waals surface area (Å²) in [4.78, 5) is 2.47. The molecule has 1 aromatic carbocycles. The summed E-state index contributed by atoms with van der Waals surface area (Å²) >= 11 is 0. The molecule has 0 bridgehead atoms. The fraction of sp³-hybridized carbons (Fsp3) is 0.647. The molecular formula is C17H27FN2. The number of rotatable bonds is 5. The fourth-order valence-corrected chi connectivity index (χ4v) is 3.11. The predicted octanol–water partition coefficient (Wildman–Crippen LogP) is 3.74. The number of nitrogens with zero attached hydrogens (tertiary/aromatic N) is 1. The van der Waals surface area contributed by atoms with Gasteiger partial charge < -0.3 is 5.32 Å². The quantitative estimate of drug-likeness (QED) is 0.882. The first-order valence-corrected chi connectivity index (χ1v) is 7.82. The van der Waals surface area contributed by atoms with Crippen molar-refractivity contribution in [3.63, 3.8) is 0 Å². The van der Waals surface area contributed by atoms with Crippen LogP contribution >= 0.6 is 0 Å². The van der Waals surface area contributed by atoms with E-state index in [-0.39, 0.29) is 11.9 Å². The molecule has 1 N–H and O–H groups in total. The molecule has 0 spiro atoms. The lowest BCUT2D eigenvalue weighted by molar-refractivity contribution is 0.137. The van der Waals surface area contributed by atoms with Crippen molar-refractivity contribution in [2.24, 2.45) is 0 Å². The van der Waals surface area contributed by atoms with Crippen LogP contribution in [0.2, 0.25) is 0 Å². The molecule has 1 heterocycles. The maximum atomic E-state index is 13.4. The highest BCUT2D eigenvalue weighted by molar-refractivity contribution is 5.20. The highest BCUT2D eigenvalue weighted by Gasteiger charge is 2.23. The van der Waals surface area contributed by atoms with Crippen molar-refractivity contribution in [3.8, 4) is 0 Å². The molecule has 1 aromatic rings. The average molecular weight is 278 g/mol. The monoisotopic (exact) mass is 278 g/mol. The number of benzene rings is 1. The molecule has 1 saturated heterocycles. The van der Waals surface area contributed by atoms with Crippen molar-refractivity contribution in [3.05, 3.63) is 35.6 Å². The van der Waals surface area contributed by atoms with E-state index in [2.05, 4.69) is 31.0 Å². The van der Waals surface area contributed by atoms with Gasteiger partial charge in [0.1, 0.15) is 5.82 Å². The lowest BCUT2D eigenvalue weighted by atomic mass is 10.0. The highest BCUT2D eigenvalue weighted by atomic mass is 19.1. The average Bonchev–Trinajstić information content (AvgIpc) is 2.45. The van der Waals surface area contributed by atoms with E-state index in [0.29, 0.717) is 12.1 Å². The summed E-state index contributed by atoms with van der Waals surface area (Å²) < 4.78 is 13.4. The Hall–Kier alpha value is -0.930. The SMILES string of the molecule is CC(C)N(CC1CCCCN1)C(C)c1cccc(F)c1. The summed E-state index contributed by atoms with van der Waals surface area (Å²) in [6.45, 7) is 8.79. The molecule has 0 saturated carbocycles. The van der Waals surface area contributed by atoms with Gasteiger partial charge >= 0.3 is 0 Å². The Morgan fingerprint density at radius 1 is 1.30 bits per heavy atom. The third kappa shape index (κ3) is 4.03. The number of hydrogen-bond acceptors (Lipinski definition) is 2. The molecule has 2 nitrogen and oxygen atoms in total. The first-order valence-electron chi connectivity index (χ1n) is 7.82. The molecule has 2 atom stereocenters. The van der Waals surface area contributed by atoms with Gasteiger partial charge in [-0.05, 0) is 57.9 Å². The van der Waals surface area contributed by atoms with E-state index in [0.717, 1.165) is 18.7 Å². The minimum atomic E-state index is -0.145. The highest BCUT2D eigenvalue weighted by Crippen LogP contribution is 2.24. The lowest BCUT2D eigenvalue weighted by Crippen LogP contribution is -2.46. The summed E-state index contributed by atoms with van der Waals surface area (Å²) in [7, 11) is 0. The topological polar surface area (TPSA) is 15.3 Å². The summed E-state index contributed by atoms with van der Waals surface area (Å²) in [5, 5.41) is 3.61. The molecule has 2 unspecified atom stereocenters. The van der Waals surface area contributed by atoms with Crippen molar-refractivity contribution in [1.29, 1.82) is 0 Å². The first-order chi connectivity index (χ1) is 9.58. The van der Waals surface area contributed by atoms with Gasteiger partial charge in [-0.15, -0.1) is 0 Å². The number of halogens is 1. The molecule has 112 valence electrons. The Morgan fingerprint density at radius 3 is 2.70 bits per heavy atom. The standard InChI is InChI=1S/C17H27FN2/c1-13(2)20(12-17-9-4-5-10-19-17)14(3)15-7-6-8-16(18)11-15/h6-8,11,13-14,17,19H,4-5,9-10,12H2,1-3H3. The van der Waals surface area contributed by atoms with E-state index < -0.39 is 0 Å². The van der Waals surface area contributed by atoms with Crippen molar-refractivity contribution < 1.29 is 4.39 Å². The van der Waals surface area contributed by atoms with Crippen molar-refractivity contribution in [1.82, 2.24) is 10.2 Å². The zero-order chi connectivity index (χ0) is 14.5. The molecule has 3 heteroatoms. The molecule has 0 radical (unpaired) electrons. The van der Waals surface area contributed by atoms with Gasteiger partial charge in [-0.2, -0.15) is 0 Å². The van der Waals surface area contributed by atoms with Gasteiger partial charge in [0.2, 0.25) is 0 Å². The molecule has 20 heavy (non-hydrogen) atoms. The van der Waals surface area contributed by atoms with Crippen LogP contribution in [0.3, 0.4) is 0 Å². The van der Waals surface area contributed by atoms with Crippen LogP contribution in [-0.4, -0.2) is 30.1 Å². The van der Waals surface area contributed by atoms with Crippen molar-refractivity contribution in [2.75, 3.05) is 13.1 Å². The Labute approximate surface area is 122 Å². The second-order valence-electron chi connectivity index (χ2n) is 6.17. The second-order valence-corrected chi connectivity index (χ2v) is 6.17. The number of piperidine rings is 1. The molecule has 1 aliphatic heterocycles. The van der Waals surface area contributed by atoms with Crippen LogP contribution in [0.1, 0.15) is 51.6 Å². The molecule has 1 fully saturated rings. The fourth-order valence-electron chi connectivity index (χ4n) is 3.11. The van der Waals surface area contributed by atoms with E-state index >= 15 is 0 Å².